The lowest BCUT2D eigenvalue weighted by atomic mass is 9.98. The molecule has 0 radical (unpaired) electrons. The van der Waals surface area contributed by atoms with Crippen molar-refractivity contribution < 1.29 is 4.39 Å². The van der Waals surface area contributed by atoms with Crippen LogP contribution in [0.15, 0.2) is 46.0 Å². The van der Waals surface area contributed by atoms with Crippen LogP contribution >= 0.6 is 15.9 Å². The second-order valence-corrected chi connectivity index (χ2v) is 4.88. The number of nitrogens with zero attached hydrogens (tertiary/aromatic N) is 2. The van der Waals surface area contributed by atoms with Crippen molar-refractivity contribution in [2.45, 2.75) is 0 Å². The minimum Gasteiger partial charge on any atom is -0.404 e. The highest BCUT2D eigenvalue weighted by Crippen LogP contribution is 2.27. The van der Waals surface area contributed by atoms with Crippen LogP contribution in [-0.2, 0) is 0 Å². The Hall–Kier alpha value is -2.19. The van der Waals surface area contributed by atoms with Crippen LogP contribution in [0.1, 0.15) is 11.1 Å². The summed E-state index contributed by atoms with van der Waals surface area (Å²) in [5.41, 5.74) is 6.45. The van der Waals surface area contributed by atoms with Gasteiger partial charge in [0, 0.05) is 29.6 Å². The molecule has 0 aliphatic heterocycles. The quantitative estimate of drug-likeness (QED) is 0.856. The lowest BCUT2D eigenvalue weighted by Gasteiger charge is -2.10. The monoisotopic (exact) mass is 331 g/mol. The molecular weight excluding hydrogens is 321 g/mol. The Kier molecular flexibility index (Phi) is 4.16. The molecule has 0 unspecified atom stereocenters. The van der Waals surface area contributed by atoms with Crippen LogP contribution in [-0.4, -0.2) is 12.8 Å². The van der Waals surface area contributed by atoms with E-state index in [1.807, 2.05) is 0 Å². The summed E-state index contributed by atoms with van der Waals surface area (Å²) in [4.78, 5) is 4.04. The van der Waals surface area contributed by atoms with E-state index in [4.69, 9.17) is 5.73 Å². The molecule has 0 saturated carbocycles. The van der Waals surface area contributed by atoms with Gasteiger partial charge in [0.05, 0.1) is 21.8 Å². The number of benzene rings is 2. The van der Waals surface area contributed by atoms with Crippen molar-refractivity contribution in [3.05, 3.63) is 58.0 Å². The zero-order chi connectivity index (χ0) is 14.7. The third-order valence-electron chi connectivity index (χ3n) is 2.95. The van der Waals surface area contributed by atoms with E-state index in [9.17, 15) is 9.65 Å². The van der Waals surface area contributed by atoms with Gasteiger partial charge in [-0.1, -0.05) is 24.3 Å². The van der Waals surface area contributed by atoms with Crippen LogP contribution in [0.25, 0.3) is 10.8 Å². The van der Waals surface area contributed by atoms with Gasteiger partial charge in [-0.15, -0.1) is 0 Å². The van der Waals surface area contributed by atoms with E-state index in [1.54, 1.807) is 31.3 Å². The highest BCUT2D eigenvalue weighted by molar-refractivity contribution is 9.12. The van der Waals surface area contributed by atoms with E-state index in [0.29, 0.717) is 26.5 Å². The topological polar surface area (TPSA) is 62.2 Å². The second kappa shape index (κ2) is 5.85. The molecule has 20 heavy (non-hydrogen) atoms. The van der Waals surface area contributed by atoms with Crippen LogP contribution in [0, 0.1) is 17.1 Å². The number of rotatable bonds is 2. The van der Waals surface area contributed by atoms with E-state index < -0.39 is 5.82 Å². The average Bonchev–Trinajstić information content (AvgIpc) is 2.50. The zero-order valence-electron chi connectivity index (χ0n) is 10.7. The van der Waals surface area contributed by atoms with Gasteiger partial charge in [-0.05, 0) is 22.0 Å². The summed E-state index contributed by atoms with van der Waals surface area (Å²) in [6.07, 6.45) is 1.29. The molecule has 100 valence electrons. The normalized spacial score (nSPS) is 12.5. The number of hydrogen-bond donors (Lipinski definition) is 1. The predicted octanol–water partition coefficient (Wildman–Crippen LogP) is 3.46. The van der Waals surface area contributed by atoms with Gasteiger partial charge in [0.15, 0.2) is 0 Å². The standard InChI is InChI=1S/C15H11BrFN3/c1-20-15(13(16)8-19)12-6-9(7-18)10-4-2-3-5-11(10)14(12)17/h2-6,8H,19H2,1H3/b13-8+,20-15?. The fourth-order valence-corrected chi connectivity index (χ4v) is 2.43. The number of nitriles is 1. The van der Waals surface area contributed by atoms with Crippen LogP contribution in [0.5, 0.6) is 0 Å². The van der Waals surface area contributed by atoms with Gasteiger partial charge in [-0.25, -0.2) is 4.39 Å². The summed E-state index contributed by atoms with van der Waals surface area (Å²) in [5.74, 6) is -0.418. The Bertz CT molecular complexity index is 773. The lowest BCUT2D eigenvalue weighted by molar-refractivity contribution is 0.637. The molecule has 0 heterocycles. The number of allylic oxidation sites excluding steroid dienone is 1. The Morgan fingerprint density at radius 3 is 2.60 bits per heavy atom. The Balaban J connectivity index is 2.86. The molecule has 2 rings (SSSR count). The van der Waals surface area contributed by atoms with E-state index in [0.717, 1.165) is 0 Å². The summed E-state index contributed by atoms with van der Waals surface area (Å²) < 4.78 is 15.1. The number of aliphatic imine (C=N–C) groups is 1. The third-order valence-corrected chi connectivity index (χ3v) is 3.59. The van der Waals surface area contributed by atoms with Crippen LogP contribution < -0.4 is 5.73 Å². The second-order valence-electron chi connectivity index (χ2n) is 4.03. The first-order chi connectivity index (χ1) is 9.63. The molecule has 3 nitrogen and oxygen atoms in total. The minimum atomic E-state index is -0.418. The van der Waals surface area contributed by atoms with Crippen molar-refractivity contribution in [1.82, 2.24) is 0 Å². The maximum Gasteiger partial charge on any atom is 0.140 e. The molecule has 2 aromatic rings. The molecule has 2 aromatic carbocycles. The van der Waals surface area contributed by atoms with Crippen molar-refractivity contribution in [1.29, 1.82) is 5.26 Å². The minimum absolute atomic E-state index is 0.247. The summed E-state index contributed by atoms with van der Waals surface area (Å²) in [5, 5.41) is 10.2. The van der Waals surface area contributed by atoms with Crippen molar-refractivity contribution in [2.24, 2.45) is 10.7 Å². The van der Waals surface area contributed by atoms with Gasteiger partial charge >= 0.3 is 0 Å². The molecule has 5 heteroatoms. The van der Waals surface area contributed by atoms with E-state index in [-0.39, 0.29) is 5.56 Å². The molecule has 2 N–H and O–H groups in total. The van der Waals surface area contributed by atoms with E-state index in [2.05, 4.69) is 27.0 Å². The maximum atomic E-state index is 14.6. The van der Waals surface area contributed by atoms with E-state index in [1.165, 1.54) is 12.3 Å². The van der Waals surface area contributed by atoms with Gasteiger partial charge < -0.3 is 5.73 Å². The van der Waals surface area contributed by atoms with Gasteiger partial charge in [0.2, 0.25) is 0 Å². The average molecular weight is 332 g/mol. The summed E-state index contributed by atoms with van der Waals surface area (Å²) in [6.45, 7) is 0. The van der Waals surface area contributed by atoms with Crippen molar-refractivity contribution >= 4 is 32.4 Å². The Labute approximate surface area is 124 Å². The number of hydrogen-bond acceptors (Lipinski definition) is 3. The largest absolute Gasteiger partial charge is 0.404 e. The van der Waals surface area contributed by atoms with Crippen LogP contribution in [0.2, 0.25) is 0 Å². The molecular formula is C15H11BrFN3. The highest BCUT2D eigenvalue weighted by atomic mass is 79.9. The molecule has 0 saturated heterocycles. The Morgan fingerprint density at radius 1 is 1.40 bits per heavy atom. The number of halogens is 2. The van der Waals surface area contributed by atoms with E-state index >= 15 is 0 Å². The molecule has 0 aliphatic rings. The molecule has 0 spiro atoms. The van der Waals surface area contributed by atoms with Gasteiger partial charge in [0.25, 0.3) is 0 Å². The number of nitrogens with two attached hydrogens (primary N) is 1. The molecule has 0 fully saturated rings. The van der Waals surface area contributed by atoms with Crippen molar-refractivity contribution in [3.63, 3.8) is 0 Å². The van der Waals surface area contributed by atoms with Crippen molar-refractivity contribution in [3.8, 4) is 6.07 Å². The molecule has 0 aliphatic carbocycles. The number of fused-ring (bicyclic) bond motifs is 1. The maximum absolute atomic E-state index is 14.6. The van der Waals surface area contributed by atoms with Gasteiger partial charge in [-0.3, -0.25) is 4.99 Å². The fourth-order valence-electron chi connectivity index (χ4n) is 2.04. The summed E-state index contributed by atoms with van der Waals surface area (Å²) in [7, 11) is 1.54. The highest BCUT2D eigenvalue weighted by Gasteiger charge is 2.17. The fraction of sp³-hybridized carbons (Fsp3) is 0.0667. The summed E-state index contributed by atoms with van der Waals surface area (Å²) in [6, 6.07) is 10.4. The third kappa shape index (κ3) is 2.30. The molecule has 0 amide bonds. The first kappa shape index (κ1) is 14.2. The van der Waals surface area contributed by atoms with Crippen LogP contribution in [0.4, 0.5) is 4.39 Å². The molecule has 0 aromatic heterocycles. The Morgan fingerprint density at radius 2 is 2.05 bits per heavy atom. The smallest absolute Gasteiger partial charge is 0.140 e. The first-order valence-electron chi connectivity index (χ1n) is 5.80. The summed E-state index contributed by atoms with van der Waals surface area (Å²) >= 11 is 3.24. The van der Waals surface area contributed by atoms with Crippen molar-refractivity contribution in [2.75, 3.05) is 7.05 Å². The first-order valence-corrected chi connectivity index (χ1v) is 6.59. The SMILES string of the molecule is CN=C(/C(Br)=C\N)c1cc(C#N)c2ccccc2c1F. The predicted molar refractivity (Wildman–Crippen MR) is 82.3 cm³/mol. The lowest BCUT2D eigenvalue weighted by Crippen LogP contribution is -2.07. The molecule has 0 atom stereocenters. The van der Waals surface area contributed by atoms with Crippen LogP contribution in [0.3, 0.4) is 0 Å². The zero-order valence-corrected chi connectivity index (χ0v) is 12.3. The van der Waals surface area contributed by atoms with Gasteiger partial charge in [-0.2, -0.15) is 5.26 Å². The van der Waals surface area contributed by atoms with Gasteiger partial charge in [0.1, 0.15) is 5.82 Å². The molecule has 0 bridgehead atoms.